The lowest BCUT2D eigenvalue weighted by molar-refractivity contribution is -0.139. The van der Waals surface area contributed by atoms with Crippen molar-refractivity contribution in [1.82, 2.24) is 10.2 Å². The number of carbonyl (C=O) groups excluding carboxylic acids is 2. The van der Waals surface area contributed by atoms with Gasteiger partial charge in [0, 0.05) is 24.7 Å². The molecule has 0 aliphatic heterocycles. The number of halogens is 1. The summed E-state index contributed by atoms with van der Waals surface area (Å²) in [7, 11) is -0.0119. The van der Waals surface area contributed by atoms with E-state index >= 15 is 0 Å². The topological polar surface area (TPSA) is 114 Å². The van der Waals surface area contributed by atoms with Crippen LogP contribution in [0.4, 0.5) is 5.69 Å². The Morgan fingerprint density at radius 1 is 0.976 bits per heavy atom. The average molecular weight is 604 g/mol. The number of anilines is 1. The van der Waals surface area contributed by atoms with Crippen molar-refractivity contribution in [2.75, 3.05) is 38.7 Å². The van der Waals surface area contributed by atoms with E-state index in [0.717, 1.165) is 4.31 Å². The Labute approximate surface area is 245 Å². The normalized spacial score (nSPS) is 11.8. The molecule has 3 aromatic rings. The van der Waals surface area contributed by atoms with Gasteiger partial charge in [0.1, 0.15) is 18.3 Å². The van der Waals surface area contributed by atoms with Crippen molar-refractivity contribution in [2.24, 2.45) is 0 Å². The van der Waals surface area contributed by atoms with Crippen molar-refractivity contribution in [1.29, 1.82) is 0 Å². The first-order valence-electron chi connectivity index (χ1n) is 12.8. The predicted octanol–water partition coefficient (Wildman–Crippen LogP) is 4.11. The van der Waals surface area contributed by atoms with Crippen molar-refractivity contribution in [3.63, 3.8) is 0 Å². The van der Waals surface area contributed by atoms with Gasteiger partial charge in [0.05, 0.1) is 31.4 Å². The number of benzene rings is 3. The number of ether oxygens (including phenoxy) is 3. The summed E-state index contributed by atoms with van der Waals surface area (Å²) in [6.45, 7) is 3.22. The Balaban J connectivity index is 2.09. The Morgan fingerprint density at radius 3 is 2.22 bits per heavy atom. The van der Waals surface area contributed by atoms with Crippen molar-refractivity contribution >= 4 is 39.1 Å². The fraction of sp³-hybridized carbons (Fsp3) is 0.310. The van der Waals surface area contributed by atoms with E-state index in [1.807, 2.05) is 6.92 Å². The molecular formula is C29H34ClN3O7S. The van der Waals surface area contributed by atoms with Crippen molar-refractivity contribution < 1.29 is 32.2 Å². The lowest BCUT2D eigenvalue weighted by Gasteiger charge is -2.32. The van der Waals surface area contributed by atoms with E-state index in [4.69, 9.17) is 25.8 Å². The van der Waals surface area contributed by atoms with Gasteiger partial charge in [-0.05, 0) is 61.9 Å². The maximum absolute atomic E-state index is 14.1. The number of nitrogens with zero attached hydrogens (tertiary/aromatic N) is 2. The number of nitrogens with one attached hydrogen (secondary N) is 1. The second-order valence-corrected chi connectivity index (χ2v) is 11.1. The maximum Gasteiger partial charge on any atom is 0.264 e. The van der Waals surface area contributed by atoms with E-state index in [2.05, 4.69) is 5.32 Å². The molecule has 0 heterocycles. The fourth-order valence-electron chi connectivity index (χ4n) is 4.11. The van der Waals surface area contributed by atoms with Crippen LogP contribution in [-0.4, -0.2) is 65.6 Å². The highest BCUT2D eigenvalue weighted by atomic mass is 35.5. The lowest BCUT2D eigenvalue weighted by Crippen LogP contribution is -2.50. The van der Waals surface area contributed by atoms with E-state index in [-0.39, 0.29) is 22.9 Å². The average Bonchev–Trinajstić information content (AvgIpc) is 2.98. The molecular weight excluding hydrogens is 570 g/mol. The highest BCUT2D eigenvalue weighted by molar-refractivity contribution is 7.92. The van der Waals surface area contributed by atoms with Gasteiger partial charge in [-0.25, -0.2) is 8.42 Å². The minimum atomic E-state index is -4.32. The van der Waals surface area contributed by atoms with E-state index in [1.54, 1.807) is 55.5 Å². The smallest absolute Gasteiger partial charge is 0.264 e. The molecule has 3 aromatic carbocycles. The van der Waals surface area contributed by atoms with Crippen molar-refractivity contribution in [3.8, 4) is 17.2 Å². The highest BCUT2D eigenvalue weighted by Crippen LogP contribution is 2.33. The van der Waals surface area contributed by atoms with Crippen LogP contribution in [0.15, 0.2) is 71.6 Å². The molecule has 0 saturated heterocycles. The van der Waals surface area contributed by atoms with Gasteiger partial charge in [-0.1, -0.05) is 29.8 Å². The van der Waals surface area contributed by atoms with Crippen molar-refractivity contribution in [3.05, 3.63) is 77.3 Å². The second kappa shape index (κ2) is 14.1. The van der Waals surface area contributed by atoms with E-state index in [9.17, 15) is 18.0 Å². The highest BCUT2D eigenvalue weighted by Gasteiger charge is 2.33. The molecule has 41 heavy (non-hydrogen) atoms. The summed E-state index contributed by atoms with van der Waals surface area (Å²) in [5.41, 5.74) is 0.829. The summed E-state index contributed by atoms with van der Waals surface area (Å²) in [5.74, 6) is 0.0694. The number of likely N-dealkylation sites (N-methyl/N-ethyl adjacent to an activating group) is 1. The molecule has 10 nitrogen and oxygen atoms in total. The first-order valence-corrected chi connectivity index (χ1v) is 14.6. The van der Waals surface area contributed by atoms with Gasteiger partial charge in [0.25, 0.3) is 10.0 Å². The Bertz CT molecular complexity index is 1470. The van der Waals surface area contributed by atoms with E-state index < -0.39 is 34.4 Å². The van der Waals surface area contributed by atoms with Gasteiger partial charge in [-0.15, -0.1) is 0 Å². The molecule has 1 atom stereocenters. The Morgan fingerprint density at radius 2 is 1.63 bits per heavy atom. The molecule has 2 amide bonds. The molecule has 0 aromatic heterocycles. The van der Waals surface area contributed by atoms with E-state index in [1.165, 1.54) is 44.4 Å². The third-order valence-electron chi connectivity index (χ3n) is 6.37. The molecule has 3 rings (SSSR count). The minimum absolute atomic E-state index is 0.0133. The van der Waals surface area contributed by atoms with Crippen LogP contribution in [0, 0.1) is 0 Å². The summed E-state index contributed by atoms with van der Waals surface area (Å²) in [5, 5.41) is 2.96. The summed E-state index contributed by atoms with van der Waals surface area (Å²) in [6, 6.07) is 16.5. The predicted molar refractivity (Wildman–Crippen MR) is 157 cm³/mol. The monoisotopic (exact) mass is 603 g/mol. The number of hydrogen-bond acceptors (Lipinski definition) is 7. The fourth-order valence-corrected chi connectivity index (χ4v) is 5.74. The quantitative estimate of drug-likeness (QED) is 0.313. The first kappa shape index (κ1) is 31.6. The van der Waals surface area contributed by atoms with Crippen LogP contribution in [0.2, 0.25) is 5.02 Å². The third kappa shape index (κ3) is 7.42. The molecule has 0 bridgehead atoms. The molecule has 0 aliphatic carbocycles. The van der Waals surface area contributed by atoms with Gasteiger partial charge in [-0.3, -0.25) is 13.9 Å². The van der Waals surface area contributed by atoms with Crippen LogP contribution in [0.25, 0.3) is 0 Å². The molecule has 220 valence electrons. The van der Waals surface area contributed by atoms with Gasteiger partial charge >= 0.3 is 0 Å². The second-order valence-electron chi connectivity index (χ2n) is 8.86. The molecule has 0 fully saturated rings. The van der Waals surface area contributed by atoms with Crippen LogP contribution >= 0.6 is 11.6 Å². The molecule has 0 saturated carbocycles. The van der Waals surface area contributed by atoms with Crippen molar-refractivity contribution in [2.45, 2.75) is 31.3 Å². The molecule has 12 heteroatoms. The number of rotatable bonds is 13. The minimum Gasteiger partial charge on any atom is -0.494 e. The van der Waals surface area contributed by atoms with Gasteiger partial charge in [-0.2, -0.15) is 0 Å². The van der Waals surface area contributed by atoms with Crippen LogP contribution < -0.4 is 23.8 Å². The number of carbonyl (C=O) groups is 2. The SMILES string of the molecule is CCOc1ccc(N(CC(=O)N(Cc2ccccc2Cl)[C@H](C)C(=O)NC)S(=O)(=O)c2ccc(OC)c(OC)c2)cc1. The summed E-state index contributed by atoms with van der Waals surface area (Å²) in [6.07, 6.45) is 0. The summed E-state index contributed by atoms with van der Waals surface area (Å²) < 4.78 is 45.2. The zero-order chi connectivity index (χ0) is 30.2. The number of methoxy groups -OCH3 is 2. The number of amides is 2. The van der Waals surface area contributed by atoms with E-state index in [0.29, 0.717) is 28.7 Å². The zero-order valence-corrected chi connectivity index (χ0v) is 25.2. The first-order chi connectivity index (χ1) is 19.6. The Hall–Kier alpha value is -3.96. The number of hydrogen-bond donors (Lipinski definition) is 1. The van der Waals surface area contributed by atoms with Crippen LogP contribution in [-0.2, 0) is 26.2 Å². The van der Waals surface area contributed by atoms with Gasteiger partial charge in [0.15, 0.2) is 11.5 Å². The van der Waals surface area contributed by atoms with Gasteiger partial charge < -0.3 is 24.4 Å². The summed E-state index contributed by atoms with van der Waals surface area (Å²) >= 11 is 6.36. The lowest BCUT2D eigenvalue weighted by atomic mass is 10.1. The number of sulfonamides is 1. The Kier molecular flexibility index (Phi) is 10.8. The summed E-state index contributed by atoms with van der Waals surface area (Å²) in [4.78, 5) is 27.7. The zero-order valence-electron chi connectivity index (χ0n) is 23.6. The standard InChI is InChI=1S/C29H34ClN3O7S/c1-6-40-23-13-11-22(12-14-23)33(41(36,37)24-15-16-26(38-4)27(17-24)39-5)19-28(34)32(20(2)29(35)31-3)18-21-9-7-8-10-25(21)30/h7-17,20H,6,18-19H2,1-5H3,(H,31,35)/t20-/m1/s1. The van der Waals surface area contributed by atoms with Crippen LogP contribution in [0.1, 0.15) is 19.4 Å². The maximum atomic E-state index is 14.1. The third-order valence-corrected chi connectivity index (χ3v) is 8.51. The molecule has 0 aliphatic rings. The van der Waals surface area contributed by atoms with Crippen LogP contribution in [0.5, 0.6) is 17.2 Å². The molecule has 0 radical (unpaired) electrons. The molecule has 0 spiro atoms. The molecule has 0 unspecified atom stereocenters. The van der Waals surface area contributed by atoms with Gasteiger partial charge in [0.2, 0.25) is 11.8 Å². The molecule has 1 N–H and O–H groups in total. The van der Waals surface area contributed by atoms with Crippen LogP contribution in [0.3, 0.4) is 0 Å². The largest absolute Gasteiger partial charge is 0.494 e.